The number of carbonyl (C=O) groups is 1. The van der Waals surface area contributed by atoms with Gasteiger partial charge in [-0.1, -0.05) is 0 Å². The molecule has 0 aliphatic heterocycles. The van der Waals surface area contributed by atoms with Crippen molar-refractivity contribution < 1.29 is 9.90 Å². The Kier molecular flexibility index (Phi) is 3.62. The van der Waals surface area contributed by atoms with Gasteiger partial charge in [-0.15, -0.1) is 0 Å². The van der Waals surface area contributed by atoms with E-state index >= 15 is 0 Å². The SMILES string of the molecule is CC(C)N(C)c1ncc(Br)c(C(=O)O)n1. The zero-order valence-electron chi connectivity index (χ0n) is 8.73. The van der Waals surface area contributed by atoms with Crippen LogP contribution in [-0.4, -0.2) is 34.1 Å². The number of rotatable bonds is 3. The van der Waals surface area contributed by atoms with Gasteiger partial charge in [0.15, 0.2) is 5.69 Å². The van der Waals surface area contributed by atoms with Gasteiger partial charge in [-0.05, 0) is 29.8 Å². The first-order valence-corrected chi connectivity index (χ1v) is 5.21. The van der Waals surface area contributed by atoms with Crippen LogP contribution >= 0.6 is 15.9 Å². The smallest absolute Gasteiger partial charge is 0.355 e. The molecule has 0 bridgehead atoms. The minimum absolute atomic E-state index is 0.0208. The van der Waals surface area contributed by atoms with Crippen LogP contribution < -0.4 is 4.90 Å². The third-order valence-corrected chi connectivity index (χ3v) is 2.60. The summed E-state index contributed by atoms with van der Waals surface area (Å²) in [6.07, 6.45) is 1.45. The zero-order valence-corrected chi connectivity index (χ0v) is 10.3. The van der Waals surface area contributed by atoms with Crippen LogP contribution in [0.25, 0.3) is 0 Å². The van der Waals surface area contributed by atoms with Gasteiger partial charge in [0.2, 0.25) is 5.95 Å². The summed E-state index contributed by atoms with van der Waals surface area (Å²) in [5.74, 6) is -0.659. The summed E-state index contributed by atoms with van der Waals surface area (Å²) in [6, 6.07) is 0.216. The lowest BCUT2D eigenvalue weighted by molar-refractivity contribution is 0.0689. The number of halogens is 1. The molecule has 0 atom stereocenters. The minimum atomic E-state index is -1.07. The van der Waals surface area contributed by atoms with Crippen molar-refractivity contribution in [1.82, 2.24) is 9.97 Å². The van der Waals surface area contributed by atoms with Crippen LogP contribution in [0.2, 0.25) is 0 Å². The third-order valence-electron chi connectivity index (χ3n) is 2.02. The zero-order chi connectivity index (χ0) is 11.6. The summed E-state index contributed by atoms with van der Waals surface area (Å²) in [5.41, 5.74) is -0.0208. The molecule has 1 N–H and O–H groups in total. The number of carboxylic acids is 1. The number of aromatic carboxylic acids is 1. The lowest BCUT2D eigenvalue weighted by Crippen LogP contribution is -2.28. The molecule has 82 valence electrons. The van der Waals surface area contributed by atoms with Crippen molar-refractivity contribution in [3.8, 4) is 0 Å². The predicted molar refractivity (Wildman–Crippen MR) is 60.2 cm³/mol. The van der Waals surface area contributed by atoms with Crippen LogP contribution in [0.4, 0.5) is 5.95 Å². The van der Waals surface area contributed by atoms with Gasteiger partial charge in [0, 0.05) is 19.3 Å². The first-order chi connectivity index (χ1) is 6.93. The fraction of sp³-hybridized carbons (Fsp3) is 0.444. The molecule has 1 heterocycles. The monoisotopic (exact) mass is 273 g/mol. The van der Waals surface area contributed by atoms with E-state index in [-0.39, 0.29) is 11.7 Å². The standard InChI is InChI=1S/C9H12BrN3O2/c1-5(2)13(3)9-11-4-6(10)7(12-9)8(14)15/h4-5H,1-3H3,(H,14,15). The van der Waals surface area contributed by atoms with Crippen molar-refractivity contribution in [2.75, 3.05) is 11.9 Å². The van der Waals surface area contributed by atoms with Crippen molar-refractivity contribution in [2.45, 2.75) is 19.9 Å². The second-order valence-electron chi connectivity index (χ2n) is 3.38. The number of hydrogen-bond acceptors (Lipinski definition) is 4. The maximum Gasteiger partial charge on any atom is 0.355 e. The Hall–Kier alpha value is -1.17. The van der Waals surface area contributed by atoms with E-state index in [1.165, 1.54) is 6.20 Å². The largest absolute Gasteiger partial charge is 0.476 e. The molecular weight excluding hydrogens is 262 g/mol. The predicted octanol–water partition coefficient (Wildman–Crippen LogP) is 1.78. The lowest BCUT2D eigenvalue weighted by Gasteiger charge is -2.21. The second kappa shape index (κ2) is 4.57. The highest BCUT2D eigenvalue weighted by atomic mass is 79.9. The number of nitrogens with zero attached hydrogens (tertiary/aromatic N) is 3. The summed E-state index contributed by atoms with van der Waals surface area (Å²) in [6.45, 7) is 3.96. The third kappa shape index (κ3) is 2.65. The summed E-state index contributed by atoms with van der Waals surface area (Å²) < 4.78 is 0.385. The molecule has 15 heavy (non-hydrogen) atoms. The second-order valence-corrected chi connectivity index (χ2v) is 4.23. The average Bonchev–Trinajstić information content (AvgIpc) is 2.16. The van der Waals surface area contributed by atoms with Crippen LogP contribution in [0.1, 0.15) is 24.3 Å². The maximum atomic E-state index is 10.8. The van der Waals surface area contributed by atoms with Crippen LogP contribution in [0.5, 0.6) is 0 Å². The van der Waals surface area contributed by atoms with E-state index in [0.29, 0.717) is 10.4 Å². The van der Waals surface area contributed by atoms with E-state index in [2.05, 4.69) is 25.9 Å². The molecule has 0 spiro atoms. The summed E-state index contributed by atoms with van der Waals surface area (Å²) in [4.78, 5) is 20.6. The molecule has 0 saturated carbocycles. The van der Waals surface area contributed by atoms with Crippen LogP contribution in [0.3, 0.4) is 0 Å². The number of anilines is 1. The Labute approximate surface area is 96.3 Å². The molecule has 0 unspecified atom stereocenters. The fourth-order valence-corrected chi connectivity index (χ4v) is 1.27. The van der Waals surface area contributed by atoms with Crippen LogP contribution in [0, 0.1) is 0 Å². The van der Waals surface area contributed by atoms with Crippen molar-refractivity contribution in [2.24, 2.45) is 0 Å². The molecule has 1 aromatic rings. The Morgan fingerprint density at radius 1 is 1.60 bits per heavy atom. The highest BCUT2D eigenvalue weighted by molar-refractivity contribution is 9.10. The number of hydrogen-bond donors (Lipinski definition) is 1. The van der Waals surface area contributed by atoms with Crippen molar-refractivity contribution in [3.63, 3.8) is 0 Å². The minimum Gasteiger partial charge on any atom is -0.476 e. The van der Waals surface area contributed by atoms with Crippen molar-refractivity contribution in [1.29, 1.82) is 0 Å². The van der Waals surface area contributed by atoms with E-state index < -0.39 is 5.97 Å². The molecule has 0 saturated heterocycles. The molecule has 6 heteroatoms. The van der Waals surface area contributed by atoms with Gasteiger partial charge in [-0.25, -0.2) is 14.8 Å². The Morgan fingerprint density at radius 2 is 2.20 bits per heavy atom. The highest BCUT2D eigenvalue weighted by Gasteiger charge is 2.15. The van der Waals surface area contributed by atoms with E-state index in [4.69, 9.17) is 5.11 Å². The lowest BCUT2D eigenvalue weighted by atomic mass is 10.3. The number of aromatic nitrogens is 2. The molecule has 0 aromatic carbocycles. The van der Waals surface area contributed by atoms with Gasteiger partial charge in [-0.3, -0.25) is 0 Å². The topological polar surface area (TPSA) is 66.3 Å². The molecule has 0 aliphatic carbocycles. The van der Waals surface area contributed by atoms with Gasteiger partial charge in [0.05, 0.1) is 4.47 Å². The molecule has 1 rings (SSSR count). The van der Waals surface area contributed by atoms with Gasteiger partial charge < -0.3 is 10.0 Å². The van der Waals surface area contributed by atoms with E-state index in [1.807, 2.05) is 20.9 Å². The van der Waals surface area contributed by atoms with E-state index in [0.717, 1.165) is 0 Å². The van der Waals surface area contributed by atoms with Gasteiger partial charge >= 0.3 is 5.97 Å². The Bertz CT molecular complexity index is 382. The Balaban J connectivity index is 3.13. The normalized spacial score (nSPS) is 10.5. The fourth-order valence-electron chi connectivity index (χ4n) is 0.909. The first kappa shape index (κ1) is 11.9. The molecule has 5 nitrogen and oxygen atoms in total. The summed E-state index contributed by atoms with van der Waals surface area (Å²) in [7, 11) is 1.82. The molecule has 0 radical (unpaired) electrons. The maximum absolute atomic E-state index is 10.8. The summed E-state index contributed by atoms with van der Waals surface area (Å²) in [5, 5.41) is 8.87. The highest BCUT2D eigenvalue weighted by Crippen LogP contribution is 2.17. The van der Waals surface area contributed by atoms with E-state index in [1.54, 1.807) is 4.90 Å². The number of carboxylic acid groups (broad SMARTS) is 1. The van der Waals surface area contributed by atoms with E-state index in [9.17, 15) is 4.79 Å². The Morgan fingerprint density at radius 3 is 2.67 bits per heavy atom. The average molecular weight is 274 g/mol. The van der Waals surface area contributed by atoms with Crippen LogP contribution in [0.15, 0.2) is 10.7 Å². The quantitative estimate of drug-likeness (QED) is 0.910. The van der Waals surface area contributed by atoms with Crippen molar-refractivity contribution >= 4 is 27.8 Å². The molecule has 1 aromatic heterocycles. The van der Waals surface area contributed by atoms with Crippen LogP contribution in [-0.2, 0) is 0 Å². The van der Waals surface area contributed by atoms with Gasteiger partial charge in [0.25, 0.3) is 0 Å². The molecule has 0 aliphatic rings. The van der Waals surface area contributed by atoms with Gasteiger partial charge in [0.1, 0.15) is 0 Å². The molecule has 0 fully saturated rings. The first-order valence-electron chi connectivity index (χ1n) is 4.42. The van der Waals surface area contributed by atoms with Gasteiger partial charge in [-0.2, -0.15) is 0 Å². The van der Waals surface area contributed by atoms with Crippen molar-refractivity contribution in [3.05, 3.63) is 16.4 Å². The summed E-state index contributed by atoms with van der Waals surface area (Å²) >= 11 is 3.09. The molecular formula is C9H12BrN3O2. The molecule has 0 amide bonds.